The normalized spacial score (nSPS) is 16.5. The highest BCUT2D eigenvalue weighted by atomic mass is 16.2. The molecule has 124 valence electrons. The fraction of sp³-hybridized carbons (Fsp3) is 0.692. The number of aryl methyl sites for hydroxylation is 1. The lowest BCUT2D eigenvalue weighted by Crippen LogP contribution is -2.37. The van der Waals surface area contributed by atoms with Crippen LogP contribution in [0.1, 0.15) is 12.2 Å². The standard InChI is InChI=1S/C13H21N9O/c1-12-16-14-10-21(12)8-6-19-3-2-4-20(7-5-19)13(23)9-22-11-15-17-18-22/h10-11H,2-9H2,1H3. The van der Waals surface area contributed by atoms with Crippen LogP contribution in [0.25, 0.3) is 0 Å². The van der Waals surface area contributed by atoms with E-state index in [9.17, 15) is 4.79 Å². The van der Waals surface area contributed by atoms with Gasteiger partial charge in [0.2, 0.25) is 5.91 Å². The summed E-state index contributed by atoms with van der Waals surface area (Å²) in [6.45, 7) is 7.36. The Morgan fingerprint density at radius 1 is 1.13 bits per heavy atom. The van der Waals surface area contributed by atoms with Crippen LogP contribution in [-0.2, 0) is 17.9 Å². The van der Waals surface area contributed by atoms with Gasteiger partial charge in [0.15, 0.2) is 0 Å². The van der Waals surface area contributed by atoms with Crippen LogP contribution in [0, 0.1) is 6.92 Å². The molecule has 0 aliphatic carbocycles. The van der Waals surface area contributed by atoms with Gasteiger partial charge in [-0.3, -0.25) is 9.69 Å². The monoisotopic (exact) mass is 319 g/mol. The molecule has 0 radical (unpaired) electrons. The number of carbonyl (C=O) groups is 1. The zero-order valence-electron chi connectivity index (χ0n) is 13.2. The first kappa shape index (κ1) is 15.5. The smallest absolute Gasteiger partial charge is 0.244 e. The summed E-state index contributed by atoms with van der Waals surface area (Å²) in [6, 6.07) is 0. The topological polar surface area (TPSA) is 97.9 Å². The third-order valence-corrected chi connectivity index (χ3v) is 4.10. The van der Waals surface area contributed by atoms with Crippen LogP contribution in [0.5, 0.6) is 0 Å². The van der Waals surface area contributed by atoms with Crippen LogP contribution < -0.4 is 0 Å². The number of rotatable bonds is 5. The van der Waals surface area contributed by atoms with Crippen molar-refractivity contribution in [3.63, 3.8) is 0 Å². The molecule has 0 saturated carbocycles. The number of hydrogen-bond acceptors (Lipinski definition) is 7. The van der Waals surface area contributed by atoms with Crippen molar-refractivity contribution in [1.29, 1.82) is 0 Å². The van der Waals surface area contributed by atoms with E-state index in [-0.39, 0.29) is 12.5 Å². The summed E-state index contributed by atoms with van der Waals surface area (Å²) in [5, 5.41) is 18.7. The van der Waals surface area contributed by atoms with E-state index in [1.165, 1.54) is 11.0 Å². The highest BCUT2D eigenvalue weighted by Crippen LogP contribution is 2.05. The number of amides is 1. The van der Waals surface area contributed by atoms with Crippen molar-refractivity contribution < 1.29 is 4.79 Å². The van der Waals surface area contributed by atoms with Gasteiger partial charge in [-0.15, -0.1) is 15.3 Å². The summed E-state index contributed by atoms with van der Waals surface area (Å²) in [5.41, 5.74) is 0. The van der Waals surface area contributed by atoms with Gasteiger partial charge < -0.3 is 9.47 Å². The van der Waals surface area contributed by atoms with Gasteiger partial charge in [0.25, 0.3) is 0 Å². The van der Waals surface area contributed by atoms with E-state index in [4.69, 9.17) is 0 Å². The van der Waals surface area contributed by atoms with E-state index < -0.39 is 0 Å². The quantitative estimate of drug-likeness (QED) is 0.683. The van der Waals surface area contributed by atoms with Crippen molar-refractivity contribution in [3.05, 3.63) is 18.5 Å². The first-order chi connectivity index (χ1) is 11.2. The number of aromatic nitrogens is 7. The largest absolute Gasteiger partial charge is 0.340 e. The molecule has 0 N–H and O–H groups in total. The van der Waals surface area contributed by atoms with Gasteiger partial charge in [0.05, 0.1) is 0 Å². The average Bonchev–Trinajstić information content (AvgIpc) is 3.12. The van der Waals surface area contributed by atoms with Crippen molar-refractivity contribution in [2.45, 2.75) is 26.4 Å². The highest BCUT2D eigenvalue weighted by molar-refractivity contribution is 5.75. The predicted molar refractivity (Wildman–Crippen MR) is 80.2 cm³/mol. The first-order valence-corrected chi connectivity index (χ1v) is 7.77. The van der Waals surface area contributed by atoms with E-state index in [0.29, 0.717) is 0 Å². The van der Waals surface area contributed by atoms with Gasteiger partial charge in [-0.1, -0.05) is 0 Å². The lowest BCUT2D eigenvalue weighted by Gasteiger charge is -2.22. The van der Waals surface area contributed by atoms with E-state index in [0.717, 1.165) is 51.5 Å². The molecule has 0 atom stereocenters. The van der Waals surface area contributed by atoms with E-state index in [2.05, 4.69) is 30.6 Å². The zero-order valence-corrected chi connectivity index (χ0v) is 13.2. The first-order valence-electron chi connectivity index (χ1n) is 7.77. The molecule has 1 fully saturated rings. The molecule has 10 heteroatoms. The molecule has 2 aromatic rings. The molecule has 1 aliphatic rings. The Labute approximate surface area is 134 Å². The number of nitrogens with zero attached hydrogens (tertiary/aromatic N) is 9. The minimum atomic E-state index is 0.0637. The predicted octanol–water partition coefficient (Wildman–Crippen LogP) is -1.19. The maximum absolute atomic E-state index is 12.3. The maximum atomic E-state index is 12.3. The molecule has 3 heterocycles. The molecule has 1 saturated heterocycles. The Balaban J connectivity index is 1.47. The van der Waals surface area contributed by atoms with Gasteiger partial charge in [-0.05, 0) is 30.3 Å². The van der Waals surface area contributed by atoms with Crippen LogP contribution in [0.4, 0.5) is 0 Å². The van der Waals surface area contributed by atoms with Crippen LogP contribution in [0.2, 0.25) is 0 Å². The molecule has 0 bridgehead atoms. The highest BCUT2D eigenvalue weighted by Gasteiger charge is 2.19. The van der Waals surface area contributed by atoms with Gasteiger partial charge in [0, 0.05) is 32.7 Å². The van der Waals surface area contributed by atoms with E-state index in [1.54, 1.807) is 6.33 Å². The Kier molecular flexibility index (Phi) is 4.91. The van der Waals surface area contributed by atoms with Gasteiger partial charge in [-0.25, -0.2) is 4.68 Å². The molecule has 1 amide bonds. The molecule has 23 heavy (non-hydrogen) atoms. The van der Waals surface area contributed by atoms with Gasteiger partial charge in [0.1, 0.15) is 25.0 Å². The van der Waals surface area contributed by atoms with Crippen molar-refractivity contribution >= 4 is 5.91 Å². The summed E-state index contributed by atoms with van der Waals surface area (Å²) in [6.07, 6.45) is 4.20. The summed E-state index contributed by atoms with van der Waals surface area (Å²) >= 11 is 0. The van der Waals surface area contributed by atoms with Crippen molar-refractivity contribution in [2.24, 2.45) is 0 Å². The Bertz CT molecular complexity index is 623. The molecule has 0 unspecified atom stereocenters. The Morgan fingerprint density at radius 3 is 2.78 bits per heavy atom. The Hall–Kier alpha value is -2.36. The number of carbonyl (C=O) groups excluding carboxylic acids is 1. The summed E-state index contributed by atoms with van der Waals surface area (Å²) in [7, 11) is 0. The van der Waals surface area contributed by atoms with Crippen molar-refractivity contribution in [3.8, 4) is 0 Å². The second-order valence-corrected chi connectivity index (χ2v) is 5.65. The van der Waals surface area contributed by atoms with E-state index in [1.807, 2.05) is 16.4 Å². The van der Waals surface area contributed by atoms with Crippen LogP contribution in [0.3, 0.4) is 0 Å². The van der Waals surface area contributed by atoms with Crippen LogP contribution in [0.15, 0.2) is 12.7 Å². The Morgan fingerprint density at radius 2 is 2.04 bits per heavy atom. The summed E-state index contributed by atoms with van der Waals surface area (Å²) in [4.78, 5) is 16.6. The molecular weight excluding hydrogens is 298 g/mol. The van der Waals surface area contributed by atoms with Gasteiger partial charge in [-0.2, -0.15) is 0 Å². The summed E-state index contributed by atoms with van der Waals surface area (Å²) < 4.78 is 3.51. The minimum absolute atomic E-state index is 0.0637. The fourth-order valence-electron chi connectivity index (χ4n) is 2.72. The van der Waals surface area contributed by atoms with Crippen LogP contribution in [-0.4, -0.2) is 83.4 Å². The summed E-state index contributed by atoms with van der Waals surface area (Å²) in [5.74, 6) is 0.992. The molecular formula is C13H21N9O. The molecule has 10 nitrogen and oxygen atoms in total. The molecule has 2 aromatic heterocycles. The van der Waals surface area contributed by atoms with Crippen molar-refractivity contribution in [2.75, 3.05) is 32.7 Å². The van der Waals surface area contributed by atoms with Crippen molar-refractivity contribution in [1.82, 2.24) is 44.8 Å². The maximum Gasteiger partial charge on any atom is 0.244 e. The zero-order chi connectivity index (χ0) is 16.1. The SMILES string of the molecule is Cc1nncn1CCN1CCCN(C(=O)Cn2cnnn2)CC1. The lowest BCUT2D eigenvalue weighted by atomic mass is 10.3. The second-order valence-electron chi connectivity index (χ2n) is 5.65. The third-order valence-electron chi connectivity index (χ3n) is 4.10. The molecule has 3 rings (SSSR count). The van der Waals surface area contributed by atoms with Gasteiger partial charge >= 0.3 is 0 Å². The second kappa shape index (κ2) is 7.27. The minimum Gasteiger partial charge on any atom is -0.340 e. The fourth-order valence-corrected chi connectivity index (χ4v) is 2.72. The number of tetrazole rings is 1. The number of hydrogen-bond donors (Lipinski definition) is 0. The third kappa shape index (κ3) is 4.09. The van der Waals surface area contributed by atoms with Crippen LogP contribution >= 0.6 is 0 Å². The molecule has 0 spiro atoms. The van der Waals surface area contributed by atoms with E-state index >= 15 is 0 Å². The average molecular weight is 319 g/mol. The lowest BCUT2D eigenvalue weighted by molar-refractivity contribution is -0.131. The molecule has 1 aliphatic heterocycles. The molecule has 0 aromatic carbocycles.